The molecule has 27 heavy (non-hydrogen) atoms. The number of hydrogen-bond acceptors (Lipinski definition) is 6. The van der Waals surface area contributed by atoms with Crippen molar-refractivity contribution in [1.82, 2.24) is 15.0 Å². The van der Waals surface area contributed by atoms with E-state index in [0.29, 0.717) is 22.4 Å². The van der Waals surface area contributed by atoms with Crippen LogP contribution in [0.1, 0.15) is 11.4 Å². The van der Waals surface area contributed by atoms with E-state index in [1.54, 1.807) is 13.2 Å². The number of benzene rings is 1. The van der Waals surface area contributed by atoms with E-state index in [0.717, 1.165) is 24.5 Å². The van der Waals surface area contributed by atoms with Crippen LogP contribution in [0, 0.1) is 6.92 Å². The predicted molar refractivity (Wildman–Crippen MR) is 109 cm³/mol. The Morgan fingerprint density at radius 3 is 2.63 bits per heavy atom. The van der Waals surface area contributed by atoms with Crippen molar-refractivity contribution >= 4 is 28.9 Å². The molecule has 0 bridgehead atoms. The molecule has 0 fully saturated rings. The SMILES string of the molecule is COc1ccc(Cl)cc1Nc1cc(N(C)CCc2ccncc2)nc(C)n1. The van der Waals surface area contributed by atoms with Gasteiger partial charge in [0.05, 0.1) is 12.8 Å². The number of nitrogens with zero attached hydrogens (tertiary/aromatic N) is 4. The van der Waals surface area contributed by atoms with E-state index in [2.05, 4.69) is 25.2 Å². The van der Waals surface area contributed by atoms with Crippen LogP contribution in [-0.4, -0.2) is 35.7 Å². The van der Waals surface area contributed by atoms with Gasteiger partial charge in [-0.2, -0.15) is 0 Å². The Morgan fingerprint density at radius 2 is 1.89 bits per heavy atom. The highest BCUT2D eigenvalue weighted by molar-refractivity contribution is 6.31. The largest absolute Gasteiger partial charge is 0.495 e. The van der Waals surface area contributed by atoms with Crippen LogP contribution in [-0.2, 0) is 6.42 Å². The second-order valence-electron chi connectivity index (χ2n) is 6.16. The number of nitrogens with one attached hydrogen (secondary N) is 1. The maximum absolute atomic E-state index is 6.11. The number of pyridine rings is 1. The third-order valence-corrected chi connectivity index (χ3v) is 4.36. The number of methoxy groups -OCH3 is 1. The Kier molecular flexibility index (Phi) is 6.08. The van der Waals surface area contributed by atoms with Crippen LogP contribution >= 0.6 is 11.6 Å². The monoisotopic (exact) mass is 383 g/mol. The molecule has 0 saturated carbocycles. The molecule has 0 aliphatic carbocycles. The Morgan fingerprint density at radius 1 is 1.11 bits per heavy atom. The fourth-order valence-corrected chi connectivity index (χ4v) is 2.86. The van der Waals surface area contributed by atoms with E-state index in [4.69, 9.17) is 16.3 Å². The molecule has 0 amide bonds. The maximum Gasteiger partial charge on any atom is 0.142 e. The van der Waals surface area contributed by atoms with Gasteiger partial charge in [0.15, 0.2) is 0 Å². The smallest absolute Gasteiger partial charge is 0.142 e. The average Bonchev–Trinajstić information content (AvgIpc) is 2.66. The Bertz CT molecular complexity index is 904. The third kappa shape index (κ3) is 5.08. The lowest BCUT2D eigenvalue weighted by molar-refractivity contribution is 0.417. The van der Waals surface area contributed by atoms with Gasteiger partial charge in [-0.3, -0.25) is 4.98 Å². The fraction of sp³-hybridized carbons (Fsp3) is 0.250. The summed E-state index contributed by atoms with van der Waals surface area (Å²) >= 11 is 6.11. The molecular weight excluding hydrogens is 362 g/mol. The molecular formula is C20H22ClN5O. The zero-order valence-electron chi connectivity index (χ0n) is 15.6. The zero-order chi connectivity index (χ0) is 19.2. The van der Waals surface area contributed by atoms with Crippen LogP contribution in [0.3, 0.4) is 0 Å². The molecule has 0 saturated heterocycles. The van der Waals surface area contributed by atoms with Gasteiger partial charge in [0, 0.05) is 37.1 Å². The third-order valence-electron chi connectivity index (χ3n) is 4.13. The molecule has 3 aromatic rings. The highest BCUT2D eigenvalue weighted by atomic mass is 35.5. The first-order chi connectivity index (χ1) is 13.0. The van der Waals surface area contributed by atoms with Crippen molar-refractivity contribution < 1.29 is 4.74 Å². The quantitative estimate of drug-likeness (QED) is 0.657. The van der Waals surface area contributed by atoms with Crippen molar-refractivity contribution in [1.29, 1.82) is 0 Å². The lowest BCUT2D eigenvalue weighted by atomic mass is 10.2. The van der Waals surface area contributed by atoms with Gasteiger partial charge in [0.2, 0.25) is 0 Å². The Hall–Kier alpha value is -2.86. The van der Waals surface area contributed by atoms with Gasteiger partial charge in [0.1, 0.15) is 23.2 Å². The van der Waals surface area contributed by atoms with Crippen LogP contribution in [0.15, 0.2) is 48.8 Å². The molecule has 0 radical (unpaired) electrons. The van der Waals surface area contributed by atoms with Gasteiger partial charge in [-0.05, 0) is 49.2 Å². The number of likely N-dealkylation sites (N-methyl/N-ethyl adjacent to an activating group) is 1. The van der Waals surface area contributed by atoms with Crippen molar-refractivity contribution in [2.24, 2.45) is 0 Å². The Labute approximate surface area is 164 Å². The lowest BCUT2D eigenvalue weighted by Crippen LogP contribution is -2.22. The average molecular weight is 384 g/mol. The number of aromatic nitrogens is 3. The standard InChI is InChI=1S/C20H22ClN5O/c1-14-23-19(25-17-12-16(21)4-5-18(17)27-3)13-20(24-14)26(2)11-8-15-6-9-22-10-7-15/h4-7,9-10,12-13H,8,11H2,1-3H3,(H,23,24,25). The second kappa shape index (κ2) is 8.68. The molecule has 0 atom stereocenters. The van der Waals surface area contributed by atoms with E-state index >= 15 is 0 Å². The van der Waals surface area contributed by atoms with Crippen molar-refractivity contribution in [2.75, 3.05) is 30.9 Å². The second-order valence-corrected chi connectivity index (χ2v) is 6.59. The van der Waals surface area contributed by atoms with E-state index in [-0.39, 0.29) is 0 Å². The van der Waals surface area contributed by atoms with Gasteiger partial charge in [-0.15, -0.1) is 0 Å². The summed E-state index contributed by atoms with van der Waals surface area (Å²) in [7, 11) is 3.64. The first-order valence-electron chi connectivity index (χ1n) is 8.61. The molecule has 3 rings (SSSR count). The van der Waals surface area contributed by atoms with Gasteiger partial charge >= 0.3 is 0 Å². The molecule has 1 aromatic carbocycles. The molecule has 0 aliphatic rings. The van der Waals surface area contributed by atoms with Crippen molar-refractivity contribution in [3.8, 4) is 5.75 Å². The summed E-state index contributed by atoms with van der Waals surface area (Å²) in [6.07, 6.45) is 4.53. The van der Waals surface area contributed by atoms with E-state index in [1.807, 2.05) is 56.7 Å². The van der Waals surface area contributed by atoms with E-state index in [9.17, 15) is 0 Å². The normalized spacial score (nSPS) is 10.5. The van der Waals surface area contributed by atoms with Crippen molar-refractivity contribution in [3.05, 3.63) is 65.2 Å². The highest BCUT2D eigenvalue weighted by Gasteiger charge is 2.10. The van der Waals surface area contributed by atoms with Gasteiger partial charge < -0.3 is 15.0 Å². The summed E-state index contributed by atoms with van der Waals surface area (Å²) < 4.78 is 5.39. The summed E-state index contributed by atoms with van der Waals surface area (Å²) in [4.78, 5) is 15.2. The maximum atomic E-state index is 6.11. The number of hydrogen-bond donors (Lipinski definition) is 1. The van der Waals surface area contributed by atoms with Crippen LogP contribution in [0.25, 0.3) is 0 Å². The first kappa shape index (κ1) is 18.9. The number of halogens is 1. The van der Waals surface area contributed by atoms with Crippen LogP contribution in [0.2, 0.25) is 5.02 Å². The van der Waals surface area contributed by atoms with Crippen LogP contribution in [0.5, 0.6) is 5.75 Å². The molecule has 7 heteroatoms. The van der Waals surface area contributed by atoms with Crippen LogP contribution < -0.4 is 15.0 Å². The van der Waals surface area contributed by atoms with Crippen molar-refractivity contribution in [2.45, 2.75) is 13.3 Å². The molecule has 0 spiro atoms. The summed E-state index contributed by atoms with van der Waals surface area (Å²) in [5, 5.41) is 3.90. The summed E-state index contributed by atoms with van der Waals surface area (Å²) in [5.41, 5.74) is 2.00. The minimum Gasteiger partial charge on any atom is -0.495 e. The molecule has 1 N–H and O–H groups in total. The van der Waals surface area contributed by atoms with Crippen molar-refractivity contribution in [3.63, 3.8) is 0 Å². The lowest BCUT2D eigenvalue weighted by Gasteiger charge is -2.20. The summed E-state index contributed by atoms with van der Waals surface area (Å²) in [6, 6.07) is 11.4. The minimum atomic E-state index is 0.624. The Balaban J connectivity index is 1.77. The van der Waals surface area contributed by atoms with Gasteiger partial charge in [-0.1, -0.05) is 11.6 Å². The number of anilines is 3. The topological polar surface area (TPSA) is 63.2 Å². The summed E-state index contributed by atoms with van der Waals surface area (Å²) in [6.45, 7) is 2.71. The molecule has 2 aromatic heterocycles. The van der Waals surface area contributed by atoms with Gasteiger partial charge in [0.25, 0.3) is 0 Å². The molecule has 0 aliphatic heterocycles. The molecule has 140 valence electrons. The first-order valence-corrected chi connectivity index (χ1v) is 8.99. The fourth-order valence-electron chi connectivity index (χ4n) is 2.69. The molecule has 0 unspecified atom stereocenters. The predicted octanol–water partition coefficient (Wildman–Crippen LogP) is 4.26. The van der Waals surface area contributed by atoms with Gasteiger partial charge in [-0.25, -0.2) is 9.97 Å². The minimum absolute atomic E-state index is 0.624. The van der Waals surface area contributed by atoms with E-state index in [1.165, 1.54) is 5.56 Å². The molecule has 2 heterocycles. The molecule has 6 nitrogen and oxygen atoms in total. The van der Waals surface area contributed by atoms with Crippen LogP contribution in [0.4, 0.5) is 17.3 Å². The zero-order valence-corrected chi connectivity index (χ0v) is 16.4. The number of rotatable bonds is 7. The highest BCUT2D eigenvalue weighted by Crippen LogP contribution is 2.30. The number of ether oxygens (including phenoxy) is 1. The number of aryl methyl sites for hydroxylation is 1. The van der Waals surface area contributed by atoms with E-state index < -0.39 is 0 Å². The summed E-state index contributed by atoms with van der Waals surface area (Å²) in [5.74, 6) is 2.92.